The first kappa shape index (κ1) is 21.9. The topological polar surface area (TPSA) is 75.1 Å². The molecule has 0 unspecified atom stereocenters. The van der Waals surface area contributed by atoms with Crippen molar-refractivity contribution in [1.82, 2.24) is 9.97 Å². The van der Waals surface area contributed by atoms with Gasteiger partial charge in [-0.1, -0.05) is 54.1 Å². The van der Waals surface area contributed by atoms with E-state index >= 15 is 0 Å². The highest BCUT2D eigenvalue weighted by molar-refractivity contribution is 5.91. The fraction of sp³-hybridized carbons (Fsp3) is 0.296. The second-order valence-electron chi connectivity index (χ2n) is 8.51. The Balaban J connectivity index is 1.56. The van der Waals surface area contributed by atoms with Crippen molar-refractivity contribution >= 4 is 17.8 Å². The minimum absolute atomic E-state index is 0.0318. The molecule has 0 saturated carbocycles. The first-order valence-electron chi connectivity index (χ1n) is 11.2. The van der Waals surface area contributed by atoms with Crippen LogP contribution in [0.2, 0.25) is 0 Å². The number of aliphatic hydroxyl groups excluding tert-OH is 1. The lowest BCUT2D eigenvalue weighted by atomic mass is 9.90. The normalized spacial score (nSPS) is 12.0. The van der Waals surface area contributed by atoms with Gasteiger partial charge in [0.2, 0.25) is 5.91 Å². The number of rotatable bonds is 7. The third kappa shape index (κ3) is 5.11. The molecule has 2 N–H and O–H groups in total. The van der Waals surface area contributed by atoms with E-state index in [-0.39, 0.29) is 12.5 Å². The van der Waals surface area contributed by atoms with Gasteiger partial charge in [0.15, 0.2) is 5.82 Å². The van der Waals surface area contributed by atoms with Gasteiger partial charge in [0.1, 0.15) is 5.69 Å². The third-order valence-corrected chi connectivity index (χ3v) is 5.63. The van der Waals surface area contributed by atoms with E-state index in [0.717, 1.165) is 53.8 Å². The maximum atomic E-state index is 12.7. The average molecular weight is 428 g/mol. The Morgan fingerprint density at radius 1 is 1.06 bits per heavy atom. The zero-order valence-electron chi connectivity index (χ0n) is 18.7. The van der Waals surface area contributed by atoms with E-state index in [2.05, 4.69) is 17.4 Å². The summed E-state index contributed by atoms with van der Waals surface area (Å²) in [5.41, 5.74) is 7.92. The van der Waals surface area contributed by atoms with Crippen LogP contribution in [0.1, 0.15) is 54.8 Å². The highest BCUT2D eigenvalue weighted by atomic mass is 16.3. The van der Waals surface area contributed by atoms with Crippen molar-refractivity contribution in [2.24, 2.45) is 0 Å². The van der Waals surface area contributed by atoms with Crippen LogP contribution in [-0.4, -0.2) is 21.0 Å². The summed E-state index contributed by atoms with van der Waals surface area (Å²) in [6.07, 6.45) is 5.66. The number of allylic oxidation sites excluding steroid dienone is 1. The maximum absolute atomic E-state index is 12.7. The molecule has 32 heavy (non-hydrogen) atoms. The second kappa shape index (κ2) is 9.88. The zero-order valence-corrected chi connectivity index (χ0v) is 18.7. The molecule has 0 radical (unpaired) electrons. The first-order chi connectivity index (χ1) is 15.5. The van der Waals surface area contributed by atoms with Crippen LogP contribution in [0.15, 0.2) is 54.1 Å². The summed E-state index contributed by atoms with van der Waals surface area (Å²) in [7, 11) is 0. The Morgan fingerprint density at radius 2 is 1.88 bits per heavy atom. The van der Waals surface area contributed by atoms with Crippen LogP contribution in [0.5, 0.6) is 0 Å². The number of carbonyl (C=O) groups excluding carboxylic acids is 1. The van der Waals surface area contributed by atoms with E-state index in [1.807, 2.05) is 56.3 Å². The van der Waals surface area contributed by atoms with Crippen molar-refractivity contribution < 1.29 is 9.90 Å². The fourth-order valence-corrected chi connectivity index (χ4v) is 4.07. The van der Waals surface area contributed by atoms with Gasteiger partial charge in [-0.2, -0.15) is 0 Å². The van der Waals surface area contributed by atoms with Crippen LogP contribution in [-0.2, 0) is 30.7 Å². The predicted octanol–water partition coefficient (Wildman–Crippen LogP) is 5.12. The van der Waals surface area contributed by atoms with Gasteiger partial charge in [0.05, 0.1) is 18.0 Å². The number of hydrogen-bond acceptors (Lipinski definition) is 4. The molecule has 1 aromatic heterocycles. The molecule has 0 aliphatic heterocycles. The molecule has 164 valence electrons. The van der Waals surface area contributed by atoms with Gasteiger partial charge in [-0.05, 0) is 62.3 Å². The highest BCUT2D eigenvalue weighted by Gasteiger charge is 2.22. The molecule has 0 spiro atoms. The number of amides is 1. The summed E-state index contributed by atoms with van der Waals surface area (Å²) >= 11 is 0. The lowest BCUT2D eigenvalue weighted by Gasteiger charge is -2.21. The van der Waals surface area contributed by atoms with Gasteiger partial charge in [-0.15, -0.1) is 0 Å². The molecule has 5 heteroatoms. The lowest BCUT2D eigenvalue weighted by molar-refractivity contribution is -0.116. The van der Waals surface area contributed by atoms with E-state index in [4.69, 9.17) is 9.97 Å². The van der Waals surface area contributed by atoms with Crippen molar-refractivity contribution in [3.63, 3.8) is 0 Å². The number of aliphatic hydroxyl groups is 1. The smallest absolute Gasteiger partial charge is 0.225 e. The van der Waals surface area contributed by atoms with Crippen molar-refractivity contribution in [3.8, 4) is 11.3 Å². The van der Waals surface area contributed by atoms with Crippen molar-refractivity contribution in [1.29, 1.82) is 0 Å². The summed E-state index contributed by atoms with van der Waals surface area (Å²) in [5, 5.41) is 12.5. The minimum atomic E-state index is -0.0395. The standard InChI is InChI=1S/C27H29N3O2/c1-18(2)15-24-27(30-25(32)10-6-9-19-7-4-3-5-8-19)29-23-14-12-21-16-20(17-31)11-13-22(21)26(23)28-24/h3-5,7-8,11,13,15-16,31H,6,9-10,12,14,17H2,1-2H3,(H,29,30,32). The molecule has 5 nitrogen and oxygen atoms in total. The Labute approximate surface area is 189 Å². The first-order valence-corrected chi connectivity index (χ1v) is 11.2. The Hall–Kier alpha value is -3.31. The molecule has 0 atom stereocenters. The summed E-state index contributed by atoms with van der Waals surface area (Å²) in [4.78, 5) is 22.4. The van der Waals surface area contributed by atoms with E-state index in [0.29, 0.717) is 17.9 Å². The Bertz CT molecular complexity index is 1150. The average Bonchev–Trinajstić information content (AvgIpc) is 2.79. The molecule has 4 rings (SSSR count). The van der Waals surface area contributed by atoms with E-state index in [1.54, 1.807) is 0 Å². The summed E-state index contributed by atoms with van der Waals surface area (Å²) < 4.78 is 0. The number of aromatic nitrogens is 2. The third-order valence-electron chi connectivity index (χ3n) is 5.63. The summed E-state index contributed by atoms with van der Waals surface area (Å²) in [6.45, 7) is 4.05. The van der Waals surface area contributed by atoms with Crippen LogP contribution in [0, 0.1) is 0 Å². The molecule has 0 saturated heterocycles. The fourth-order valence-electron chi connectivity index (χ4n) is 4.07. The van der Waals surface area contributed by atoms with E-state index < -0.39 is 0 Å². The number of benzene rings is 2. The maximum Gasteiger partial charge on any atom is 0.225 e. The van der Waals surface area contributed by atoms with E-state index in [9.17, 15) is 9.90 Å². The molecule has 0 bridgehead atoms. The second-order valence-corrected chi connectivity index (χ2v) is 8.51. The summed E-state index contributed by atoms with van der Waals surface area (Å²) in [5.74, 6) is 0.493. The molecular weight excluding hydrogens is 398 g/mol. The molecule has 2 aromatic carbocycles. The largest absolute Gasteiger partial charge is 0.392 e. The molecule has 3 aromatic rings. The number of nitrogens with one attached hydrogen (secondary N) is 1. The van der Waals surface area contributed by atoms with Gasteiger partial charge < -0.3 is 10.4 Å². The van der Waals surface area contributed by atoms with Crippen LogP contribution in [0.4, 0.5) is 5.82 Å². The Morgan fingerprint density at radius 3 is 2.62 bits per heavy atom. The molecular formula is C27H29N3O2. The number of anilines is 1. The van der Waals surface area contributed by atoms with Crippen LogP contribution < -0.4 is 5.32 Å². The highest BCUT2D eigenvalue weighted by Crippen LogP contribution is 2.34. The minimum Gasteiger partial charge on any atom is -0.392 e. The van der Waals surface area contributed by atoms with Crippen molar-refractivity contribution in [2.45, 2.75) is 52.6 Å². The van der Waals surface area contributed by atoms with Crippen LogP contribution >= 0.6 is 0 Å². The van der Waals surface area contributed by atoms with E-state index in [1.165, 1.54) is 11.1 Å². The molecule has 1 aliphatic rings. The van der Waals surface area contributed by atoms with Crippen LogP contribution in [0.25, 0.3) is 17.3 Å². The molecule has 0 fully saturated rings. The van der Waals surface area contributed by atoms with Crippen LogP contribution in [0.3, 0.4) is 0 Å². The molecule has 1 heterocycles. The lowest BCUT2D eigenvalue weighted by Crippen LogP contribution is -2.17. The zero-order chi connectivity index (χ0) is 22.5. The summed E-state index contributed by atoms with van der Waals surface area (Å²) in [6, 6.07) is 16.2. The van der Waals surface area contributed by atoms with Gasteiger partial charge >= 0.3 is 0 Å². The monoisotopic (exact) mass is 427 g/mol. The predicted molar refractivity (Wildman–Crippen MR) is 128 cm³/mol. The molecule has 1 aliphatic carbocycles. The number of carbonyl (C=O) groups is 1. The number of nitrogens with zero attached hydrogens (tertiary/aromatic N) is 2. The SMILES string of the molecule is CC(C)=Cc1nc2c(nc1NC(=O)CCCc1ccccc1)CCc1cc(CO)ccc1-2. The number of fused-ring (bicyclic) bond motifs is 3. The molecule has 1 amide bonds. The van der Waals surface area contributed by atoms with Gasteiger partial charge in [-0.25, -0.2) is 9.97 Å². The van der Waals surface area contributed by atoms with Crippen molar-refractivity contribution in [2.75, 3.05) is 5.32 Å². The van der Waals surface area contributed by atoms with Gasteiger partial charge in [0, 0.05) is 12.0 Å². The number of aryl methyl sites for hydroxylation is 3. The number of hydrogen-bond donors (Lipinski definition) is 2. The van der Waals surface area contributed by atoms with Gasteiger partial charge in [0.25, 0.3) is 0 Å². The van der Waals surface area contributed by atoms with Crippen molar-refractivity contribution in [3.05, 3.63) is 82.2 Å². The Kier molecular flexibility index (Phi) is 6.76. The quantitative estimate of drug-likeness (QED) is 0.549. The van der Waals surface area contributed by atoms with Gasteiger partial charge in [-0.3, -0.25) is 4.79 Å².